The fourth-order valence-electron chi connectivity index (χ4n) is 2.02. The van der Waals surface area contributed by atoms with Gasteiger partial charge in [0.25, 0.3) is 0 Å². The van der Waals surface area contributed by atoms with Crippen molar-refractivity contribution < 1.29 is 0 Å². The third-order valence-electron chi connectivity index (χ3n) is 2.76. The quantitative estimate of drug-likeness (QED) is 0.597. The van der Waals surface area contributed by atoms with Crippen molar-refractivity contribution >= 4 is 23.7 Å². The molecule has 0 fully saturated rings. The molecule has 74 valence electrons. The predicted octanol–water partition coefficient (Wildman–Crippen LogP) is 3.83. The Labute approximate surface area is 93.7 Å². The summed E-state index contributed by atoms with van der Waals surface area (Å²) < 4.78 is 4.38. The van der Waals surface area contributed by atoms with Crippen LogP contribution in [0, 0.1) is 0 Å². The molecule has 0 saturated carbocycles. The van der Waals surface area contributed by atoms with E-state index in [0.717, 1.165) is 12.8 Å². The molecule has 2 aliphatic rings. The van der Waals surface area contributed by atoms with Crippen molar-refractivity contribution in [3.8, 4) is 0 Å². The normalized spacial score (nSPS) is 18.4. The molecule has 0 amide bonds. The topological polar surface area (TPSA) is 12.4 Å². The molecule has 1 aliphatic heterocycles. The van der Waals surface area contributed by atoms with Crippen LogP contribution in [0.5, 0.6) is 0 Å². The van der Waals surface area contributed by atoms with Crippen molar-refractivity contribution in [1.82, 2.24) is 0 Å². The van der Waals surface area contributed by atoms with Crippen LogP contribution in [0.3, 0.4) is 0 Å². The molecule has 0 atom stereocenters. The minimum atomic E-state index is 1.14. The first kappa shape index (κ1) is 8.98. The Morgan fingerprint density at radius 1 is 1.20 bits per heavy atom. The summed E-state index contributed by atoms with van der Waals surface area (Å²) in [5.41, 5.74) is 4.05. The van der Waals surface area contributed by atoms with Crippen molar-refractivity contribution in [2.45, 2.75) is 12.8 Å². The molecule has 0 N–H and O–H groups in total. The van der Waals surface area contributed by atoms with Crippen LogP contribution in [0.15, 0.2) is 45.7 Å². The van der Waals surface area contributed by atoms with Crippen LogP contribution in [0.25, 0.3) is 5.57 Å². The molecule has 0 bridgehead atoms. The molecule has 0 radical (unpaired) electrons. The molecule has 0 spiro atoms. The highest BCUT2D eigenvalue weighted by Gasteiger charge is 2.15. The lowest BCUT2D eigenvalue weighted by atomic mass is 9.94. The van der Waals surface area contributed by atoms with E-state index in [1.807, 2.05) is 6.21 Å². The van der Waals surface area contributed by atoms with Crippen molar-refractivity contribution in [1.29, 1.82) is 0 Å². The lowest BCUT2D eigenvalue weighted by Gasteiger charge is -2.13. The molecule has 0 saturated heterocycles. The summed E-state index contributed by atoms with van der Waals surface area (Å²) in [6, 6.07) is 8.50. The van der Waals surface area contributed by atoms with Crippen LogP contribution in [-0.4, -0.2) is 6.21 Å². The van der Waals surface area contributed by atoms with Crippen molar-refractivity contribution in [3.05, 3.63) is 52.4 Å². The molecular weight excluding hydrogens is 202 g/mol. The zero-order chi connectivity index (χ0) is 10.1. The van der Waals surface area contributed by atoms with Crippen LogP contribution < -0.4 is 0 Å². The maximum Gasteiger partial charge on any atom is 0.0434 e. The summed E-state index contributed by atoms with van der Waals surface area (Å²) in [5.74, 6) is 0. The average molecular weight is 213 g/mol. The highest BCUT2D eigenvalue weighted by molar-refractivity contribution is 8.02. The zero-order valence-corrected chi connectivity index (χ0v) is 9.13. The van der Waals surface area contributed by atoms with Crippen LogP contribution in [0.2, 0.25) is 0 Å². The van der Waals surface area contributed by atoms with Gasteiger partial charge in [0.2, 0.25) is 0 Å². The van der Waals surface area contributed by atoms with Gasteiger partial charge >= 0.3 is 0 Å². The van der Waals surface area contributed by atoms with E-state index in [4.69, 9.17) is 0 Å². The molecule has 0 unspecified atom stereocenters. The summed E-state index contributed by atoms with van der Waals surface area (Å²) in [7, 11) is 0. The minimum Gasteiger partial charge on any atom is -0.219 e. The Bertz CT molecular complexity index is 483. The molecule has 1 aromatic rings. The monoisotopic (exact) mass is 213 g/mol. The van der Waals surface area contributed by atoms with Crippen molar-refractivity contribution in [3.63, 3.8) is 0 Å². The molecule has 2 heteroatoms. The number of benzene rings is 1. The van der Waals surface area contributed by atoms with Gasteiger partial charge in [0.05, 0.1) is 0 Å². The first-order chi connectivity index (χ1) is 7.45. The van der Waals surface area contributed by atoms with Crippen molar-refractivity contribution in [2.75, 3.05) is 0 Å². The Hall–Kier alpha value is -1.28. The molecule has 1 aliphatic carbocycles. The van der Waals surface area contributed by atoms with E-state index in [2.05, 4.69) is 40.8 Å². The summed E-state index contributed by atoms with van der Waals surface area (Å²) >= 11 is 1.59. The van der Waals surface area contributed by atoms with Gasteiger partial charge in [0.1, 0.15) is 0 Å². The number of rotatable bonds is 0. The molecule has 15 heavy (non-hydrogen) atoms. The van der Waals surface area contributed by atoms with Gasteiger partial charge in [-0.3, -0.25) is 0 Å². The Balaban J connectivity index is 2.23. The molecule has 0 aromatic heterocycles. The molecule has 1 heterocycles. The van der Waals surface area contributed by atoms with Gasteiger partial charge in [-0.25, -0.2) is 4.40 Å². The number of nitrogens with zero attached hydrogens (tertiary/aromatic N) is 1. The van der Waals surface area contributed by atoms with Crippen LogP contribution in [0.1, 0.15) is 24.0 Å². The van der Waals surface area contributed by atoms with Gasteiger partial charge < -0.3 is 0 Å². The highest BCUT2D eigenvalue weighted by atomic mass is 32.2. The first-order valence-corrected chi connectivity index (χ1v) is 5.92. The number of hydrogen-bond donors (Lipinski definition) is 0. The molecule has 3 rings (SSSR count). The number of allylic oxidation sites excluding steroid dienone is 3. The second kappa shape index (κ2) is 3.70. The highest BCUT2D eigenvalue weighted by Crippen LogP contribution is 2.38. The Kier molecular flexibility index (Phi) is 2.22. The molecule has 1 nitrogen and oxygen atoms in total. The van der Waals surface area contributed by atoms with E-state index in [9.17, 15) is 0 Å². The molecule has 1 aromatic carbocycles. The van der Waals surface area contributed by atoms with E-state index in [1.165, 1.54) is 21.6 Å². The lowest BCUT2D eigenvalue weighted by molar-refractivity contribution is 1.05. The van der Waals surface area contributed by atoms with Gasteiger partial charge in [-0.1, -0.05) is 36.4 Å². The maximum absolute atomic E-state index is 4.38. The maximum atomic E-state index is 4.38. The van der Waals surface area contributed by atoms with Gasteiger partial charge in [0, 0.05) is 28.6 Å². The Morgan fingerprint density at radius 3 is 3.13 bits per heavy atom. The van der Waals surface area contributed by atoms with E-state index >= 15 is 0 Å². The largest absolute Gasteiger partial charge is 0.219 e. The van der Waals surface area contributed by atoms with Gasteiger partial charge in [-0.2, -0.15) is 0 Å². The summed E-state index contributed by atoms with van der Waals surface area (Å²) in [6.45, 7) is 0. The number of fused-ring (bicyclic) bond motifs is 2. The van der Waals surface area contributed by atoms with E-state index in [1.54, 1.807) is 11.9 Å². The summed E-state index contributed by atoms with van der Waals surface area (Å²) in [4.78, 5) is 1.31. The smallest absolute Gasteiger partial charge is 0.0434 e. The third kappa shape index (κ3) is 1.55. The Morgan fingerprint density at radius 2 is 2.13 bits per heavy atom. The van der Waals surface area contributed by atoms with Crippen LogP contribution in [-0.2, 0) is 0 Å². The minimum absolute atomic E-state index is 1.14. The number of hydrogen-bond acceptors (Lipinski definition) is 2. The standard InChI is InChI=1S/C13H11NS/c1-2-6-11-10(5-1)9-14-15-13-8-4-3-7-12(11)13/h1-2,4-6,8-9H,3,7H2. The SMILES string of the molecule is C1=CC2=C(CC1)c1ccccc1C=NS2. The van der Waals surface area contributed by atoms with Gasteiger partial charge in [0.15, 0.2) is 0 Å². The summed E-state index contributed by atoms with van der Waals surface area (Å²) in [6.07, 6.45) is 8.68. The predicted molar refractivity (Wildman–Crippen MR) is 66.9 cm³/mol. The van der Waals surface area contributed by atoms with E-state index in [0.29, 0.717) is 0 Å². The fourth-order valence-corrected chi connectivity index (χ4v) is 2.78. The van der Waals surface area contributed by atoms with E-state index in [-0.39, 0.29) is 0 Å². The van der Waals surface area contributed by atoms with Crippen molar-refractivity contribution in [2.24, 2.45) is 4.40 Å². The summed E-state index contributed by atoms with van der Waals surface area (Å²) in [5, 5.41) is 0. The fraction of sp³-hybridized carbons (Fsp3) is 0.154. The average Bonchev–Trinajstić information content (AvgIpc) is 2.48. The molecular formula is C13H11NS. The van der Waals surface area contributed by atoms with E-state index < -0.39 is 0 Å². The third-order valence-corrected chi connectivity index (χ3v) is 3.55. The lowest BCUT2D eigenvalue weighted by Crippen LogP contribution is -1.94. The first-order valence-electron chi connectivity index (χ1n) is 5.14. The van der Waals surface area contributed by atoms with Crippen LogP contribution in [0.4, 0.5) is 0 Å². The second-order valence-electron chi connectivity index (χ2n) is 3.70. The second-order valence-corrected chi connectivity index (χ2v) is 4.53. The zero-order valence-electron chi connectivity index (χ0n) is 8.31. The van der Waals surface area contributed by atoms with Crippen LogP contribution >= 0.6 is 11.9 Å². The van der Waals surface area contributed by atoms with Gasteiger partial charge in [-0.05, 0) is 24.0 Å². The van der Waals surface area contributed by atoms with Gasteiger partial charge in [-0.15, -0.1) is 0 Å².